The maximum atomic E-state index is 12.4. The molecule has 2 aromatic rings. The standard InChI is InChI=1S/C19H22ClN3O2S/c1-4-15-16(10-21-19(24)18-11(2)22-12(3)26-18)23-25-17(15)9-13-6-5-7-14(20)8-13/h5-8,15,17H,4,9-10H2,1-3H3,(H,21,24). The topological polar surface area (TPSA) is 63.6 Å². The van der Waals surface area contributed by atoms with Gasteiger partial charge in [0.05, 0.1) is 23.0 Å². The zero-order valence-corrected chi connectivity index (χ0v) is 16.7. The van der Waals surface area contributed by atoms with E-state index in [2.05, 4.69) is 22.4 Å². The summed E-state index contributed by atoms with van der Waals surface area (Å²) in [6.45, 7) is 6.25. The number of rotatable bonds is 6. The highest BCUT2D eigenvalue weighted by atomic mass is 35.5. The molecule has 5 nitrogen and oxygen atoms in total. The molecule has 26 heavy (non-hydrogen) atoms. The van der Waals surface area contributed by atoms with Crippen molar-refractivity contribution >= 4 is 34.6 Å². The Balaban J connectivity index is 1.60. The summed E-state index contributed by atoms with van der Waals surface area (Å²) in [7, 11) is 0. The van der Waals surface area contributed by atoms with E-state index in [9.17, 15) is 4.79 Å². The lowest BCUT2D eigenvalue weighted by Crippen LogP contribution is -2.34. The van der Waals surface area contributed by atoms with E-state index in [1.54, 1.807) is 0 Å². The molecule has 0 fully saturated rings. The van der Waals surface area contributed by atoms with Gasteiger partial charge in [0.15, 0.2) is 0 Å². The van der Waals surface area contributed by atoms with Gasteiger partial charge in [-0.3, -0.25) is 4.79 Å². The van der Waals surface area contributed by atoms with Crippen molar-refractivity contribution in [3.05, 3.63) is 50.4 Å². The van der Waals surface area contributed by atoms with Gasteiger partial charge in [-0.25, -0.2) is 4.98 Å². The van der Waals surface area contributed by atoms with Gasteiger partial charge in [0.2, 0.25) is 0 Å². The Kier molecular flexibility index (Phi) is 5.94. The van der Waals surface area contributed by atoms with Crippen molar-refractivity contribution in [2.75, 3.05) is 6.54 Å². The molecule has 3 rings (SSSR count). The number of halogens is 1. The van der Waals surface area contributed by atoms with E-state index in [-0.39, 0.29) is 17.9 Å². The summed E-state index contributed by atoms with van der Waals surface area (Å²) in [6.07, 6.45) is 1.61. The van der Waals surface area contributed by atoms with E-state index in [1.165, 1.54) is 11.3 Å². The molecule has 1 N–H and O–H groups in total. The Labute approximate surface area is 162 Å². The first-order valence-electron chi connectivity index (χ1n) is 8.67. The predicted octanol–water partition coefficient (Wildman–Crippen LogP) is 4.17. The lowest BCUT2D eigenvalue weighted by Gasteiger charge is -2.17. The van der Waals surface area contributed by atoms with Crippen LogP contribution >= 0.6 is 22.9 Å². The molecule has 1 aliphatic heterocycles. The SMILES string of the molecule is CCC1C(CNC(=O)c2sc(C)nc2C)=NOC1Cc1cccc(Cl)c1. The molecule has 0 spiro atoms. The highest BCUT2D eigenvalue weighted by Gasteiger charge is 2.33. The van der Waals surface area contributed by atoms with Crippen LogP contribution in [0.4, 0.5) is 0 Å². The minimum atomic E-state index is -0.107. The fourth-order valence-corrected chi connectivity index (χ4v) is 4.27. The molecular formula is C19H22ClN3O2S. The molecule has 0 radical (unpaired) electrons. The second-order valence-electron chi connectivity index (χ2n) is 6.41. The predicted molar refractivity (Wildman–Crippen MR) is 105 cm³/mol. The van der Waals surface area contributed by atoms with Gasteiger partial charge < -0.3 is 10.2 Å². The van der Waals surface area contributed by atoms with Crippen LogP contribution in [0.25, 0.3) is 0 Å². The monoisotopic (exact) mass is 391 g/mol. The number of nitrogens with zero attached hydrogens (tertiary/aromatic N) is 2. The van der Waals surface area contributed by atoms with E-state index in [0.717, 1.165) is 39.8 Å². The van der Waals surface area contributed by atoms with Crippen molar-refractivity contribution in [2.45, 2.75) is 39.7 Å². The average molecular weight is 392 g/mol. The number of hydrogen-bond donors (Lipinski definition) is 1. The third-order valence-corrected chi connectivity index (χ3v) is 5.79. The fraction of sp³-hybridized carbons (Fsp3) is 0.421. The molecule has 0 aliphatic carbocycles. The maximum Gasteiger partial charge on any atom is 0.263 e. The van der Waals surface area contributed by atoms with E-state index in [0.29, 0.717) is 11.4 Å². The number of thiazole rings is 1. The average Bonchev–Trinajstić information content (AvgIpc) is 3.14. The van der Waals surface area contributed by atoms with E-state index in [1.807, 2.05) is 38.1 Å². The number of aryl methyl sites for hydroxylation is 2. The van der Waals surface area contributed by atoms with Crippen LogP contribution < -0.4 is 5.32 Å². The number of hydrogen-bond acceptors (Lipinski definition) is 5. The Morgan fingerprint density at radius 2 is 2.19 bits per heavy atom. The quantitative estimate of drug-likeness (QED) is 0.803. The third-order valence-electron chi connectivity index (χ3n) is 4.49. The normalized spacial score (nSPS) is 19.2. The Morgan fingerprint density at radius 3 is 2.85 bits per heavy atom. The van der Waals surface area contributed by atoms with Crippen LogP contribution in [0.1, 0.15) is 39.3 Å². The zero-order valence-electron chi connectivity index (χ0n) is 15.1. The summed E-state index contributed by atoms with van der Waals surface area (Å²) in [5.74, 6) is 0.0718. The summed E-state index contributed by atoms with van der Waals surface area (Å²) in [5, 5.41) is 8.80. The minimum absolute atomic E-state index is 0.0299. The molecule has 0 saturated heterocycles. The van der Waals surface area contributed by atoms with Crippen molar-refractivity contribution in [3.63, 3.8) is 0 Å². The van der Waals surface area contributed by atoms with E-state index >= 15 is 0 Å². The highest BCUT2D eigenvalue weighted by Crippen LogP contribution is 2.26. The Morgan fingerprint density at radius 1 is 1.38 bits per heavy atom. The van der Waals surface area contributed by atoms with Crippen LogP contribution in [0.15, 0.2) is 29.4 Å². The van der Waals surface area contributed by atoms with Gasteiger partial charge >= 0.3 is 0 Å². The largest absolute Gasteiger partial charge is 0.391 e. The first-order chi connectivity index (χ1) is 12.5. The van der Waals surface area contributed by atoms with Crippen LogP contribution in [0.5, 0.6) is 0 Å². The van der Waals surface area contributed by atoms with Gasteiger partial charge in [-0.05, 0) is 38.0 Å². The lowest BCUT2D eigenvalue weighted by atomic mass is 9.90. The summed E-state index contributed by atoms with van der Waals surface area (Å²) in [6, 6.07) is 7.79. The van der Waals surface area contributed by atoms with Gasteiger partial charge in [-0.15, -0.1) is 11.3 Å². The van der Waals surface area contributed by atoms with Crippen molar-refractivity contribution in [3.8, 4) is 0 Å². The molecule has 2 heterocycles. The molecule has 2 atom stereocenters. The van der Waals surface area contributed by atoms with Crippen LogP contribution in [0.2, 0.25) is 5.02 Å². The van der Waals surface area contributed by atoms with Crippen molar-refractivity contribution < 1.29 is 9.63 Å². The first kappa shape index (κ1) is 18.9. The molecule has 1 amide bonds. The van der Waals surface area contributed by atoms with Crippen LogP contribution in [0.3, 0.4) is 0 Å². The van der Waals surface area contributed by atoms with Crippen LogP contribution in [0, 0.1) is 19.8 Å². The number of carbonyl (C=O) groups is 1. The van der Waals surface area contributed by atoms with Crippen LogP contribution in [-0.4, -0.2) is 29.3 Å². The number of amides is 1. The molecule has 0 bridgehead atoms. The molecule has 1 aromatic heterocycles. The highest BCUT2D eigenvalue weighted by molar-refractivity contribution is 7.13. The second-order valence-corrected chi connectivity index (χ2v) is 8.04. The van der Waals surface area contributed by atoms with E-state index in [4.69, 9.17) is 16.4 Å². The summed E-state index contributed by atoms with van der Waals surface area (Å²) < 4.78 is 0. The lowest BCUT2D eigenvalue weighted by molar-refractivity contribution is 0.0614. The van der Waals surface area contributed by atoms with Crippen LogP contribution in [-0.2, 0) is 11.3 Å². The number of carbonyl (C=O) groups excluding carboxylic acids is 1. The fourth-order valence-electron chi connectivity index (χ4n) is 3.22. The van der Waals surface area contributed by atoms with Crippen molar-refractivity contribution in [1.82, 2.24) is 10.3 Å². The summed E-state index contributed by atoms with van der Waals surface area (Å²) in [5.41, 5.74) is 2.77. The molecule has 1 aromatic carbocycles. The molecule has 0 saturated carbocycles. The molecule has 138 valence electrons. The number of aromatic nitrogens is 1. The molecular weight excluding hydrogens is 370 g/mol. The smallest absolute Gasteiger partial charge is 0.263 e. The Bertz CT molecular complexity index is 834. The Hall–Kier alpha value is -1.92. The third kappa shape index (κ3) is 4.24. The van der Waals surface area contributed by atoms with E-state index < -0.39 is 0 Å². The molecule has 7 heteroatoms. The first-order valence-corrected chi connectivity index (χ1v) is 9.86. The van der Waals surface area contributed by atoms with Gasteiger partial charge in [0.1, 0.15) is 11.0 Å². The summed E-state index contributed by atoms with van der Waals surface area (Å²) >= 11 is 7.47. The van der Waals surface area contributed by atoms with Gasteiger partial charge in [0, 0.05) is 17.4 Å². The number of benzene rings is 1. The van der Waals surface area contributed by atoms with Gasteiger partial charge in [0.25, 0.3) is 5.91 Å². The molecule has 2 unspecified atom stereocenters. The van der Waals surface area contributed by atoms with Gasteiger partial charge in [-0.1, -0.05) is 35.8 Å². The number of oxime groups is 1. The van der Waals surface area contributed by atoms with Crippen molar-refractivity contribution in [1.29, 1.82) is 0 Å². The van der Waals surface area contributed by atoms with Gasteiger partial charge in [-0.2, -0.15) is 0 Å². The molecule has 1 aliphatic rings. The van der Waals surface area contributed by atoms with Crippen molar-refractivity contribution in [2.24, 2.45) is 11.1 Å². The minimum Gasteiger partial charge on any atom is -0.391 e. The number of nitrogens with one attached hydrogen (secondary N) is 1. The zero-order chi connectivity index (χ0) is 18.7. The summed E-state index contributed by atoms with van der Waals surface area (Å²) in [4.78, 5) is 23.0. The second kappa shape index (κ2) is 8.18. The maximum absolute atomic E-state index is 12.4.